The minimum Gasteiger partial charge on any atom is -0.490 e. The molecule has 1 aliphatic rings. The lowest BCUT2D eigenvalue weighted by Gasteiger charge is -2.23. The third-order valence-electron chi connectivity index (χ3n) is 2.73. The van der Waals surface area contributed by atoms with Crippen LogP contribution in [0.5, 0.6) is 5.75 Å². The van der Waals surface area contributed by atoms with Gasteiger partial charge in [-0.2, -0.15) is 0 Å². The van der Waals surface area contributed by atoms with Crippen LogP contribution in [0.3, 0.4) is 0 Å². The van der Waals surface area contributed by atoms with Crippen LogP contribution < -0.4 is 4.74 Å². The number of hydrogen-bond donors (Lipinski definition) is 0. The van der Waals surface area contributed by atoms with Gasteiger partial charge in [-0.15, -0.1) is 0 Å². The van der Waals surface area contributed by atoms with E-state index >= 15 is 0 Å². The molecule has 1 heterocycles. The number of carbonyl (C=O) groups excluding carboxylic acids is 1. The molecule has 0 amide bonds. The van der Waals surface area contributed by atoms with Crippen LogP contribution in [-0.2, 0) is 4.74 Å². The molecule has 0 spiro atoms. The molecule has 1 aromatic carbocycles. The summed E-state index contributed by atoms with van der Waals surface area (Å²) in [5.74, 6) is 0.912. The van der Waals surface area contributed by atoms with Gasteiger partial charge in [-0.3, -0.25) is 4.79 Å². The highest BCUT2D eigenvalue weighted by atomic mass is 16.5. The van der Waals surface area contributed by atoms with Gasteiger partial charge in [-0.25, -0.2) is 0 Å². The van der Waals surface area contributed by atoms with E-state index in [1.165, 1.54) is 0 Å². The fourth-order valence-electron chi connectivity index (χ4n) is 1.75. The van der Waals surface area contributed by atoms with Crippen molar-refractivity contribution in [2.24, 2.45) is 0 Å². The van der Waals surface area contributed by atoms with Crippen molar-refractivity contribution >= 4 is 5.78 Å². The van der Waals surface area contributed by atoms with Crippen molar-refractivity contribution in [2.75, 3.05) is 13.2 Å². The van der Waals surface area contributed by atoms with Gasteiger partial charge in [0, 0.05) is 18.4 Å². The fourth-order valence-corrected chi connectivity index (χ4v) is 1.75. The van der Waals surface area contributed by atoms with Gasteiger partial charge in [0.05, 0.1) is 13.2 Å². The summed E-state index contributed by atoms with van der Waals surface area (Å²) < 4.78 is 11.1. The predicted molar refractivity (Wildman–Crippen MR) is 60.9 cm³/mol. The quantitative estimate of drug-likeness (QED) is 0.734. The molecule has 1 aromatic rings. The zero-order valence-electron chi connectivity index (χ0n) is 9.44. The molecular formula is C13H16O3. The lowest BCUT2D eigenvalue weighted by Crippen LogP contribution is -2.25. The van der Waals surface area contributed by atoms with Crippen molar-refractivity contribution in [3.63, 3.8) is 0 Å². The third kappa shape index (κ3) is 2.83. The van der Waals surface area contributed by atoms with Crippen molar-refractivity contribution in [3.8, 4) is 5.75 Å². The van der Waals surface area contributed by atoms with Gasteiger partial charge in [0.2, 0.25) is 0 Å². The minimum atomic E-state index is 0.0811. The fraction of sp³-hybridized carbons (Fsp3) is 0.462. The Hall–Kier alpha value is -1.35. The van der Waals surface area contributed by atoms with Crippen LogP contribution in [0.25, 0.3) is 0 Å². The van der Waals surface area contributed by atoms with Crippen molar-refractivity contribution in [1.82, 2.24) is 0 Å². The molecule has 2 rings (SSSR count). The molecule has 86 valence electrons. The molecule has 0 unspecified atom stereocenters. The summed E-state index contributed by atoms with van der Waals surface area (Å²) in [7, 11) is 0. The summed E-state index contributed by atoms with van der Waals surface area (Å²) in [6.07, 6.45) is 2.13. The Morgan fingerprint density at radius 3 is 2.44 bits per heavy atom. The van der Waals surface area contributed by atoms with Gasteiger partial charge in [0.15, 0.2) is 5.78 Å². The van der Waals surface area contributed by atoms with Crippen LogP contribution >= 0.6 is 0 Å². The molecule has 1 aliphatic heterocycles. The second-order valence-corrected chi connectivity index (χ2v) is 4.01. The van der Waals surface area contributed by atoms with Gasteiger partial charge in [0.1, 0.15) is 11.9 Å². The largest absolute Gasteiger partial charge is 0.490 e. The van der Waals surface area contributed by atoms with E-state index in [9.17, 15) is 4.79 Å². The van der Waals surface area contributed by atoms with Crippen LogP contribution in [-0.4, -0.2) is 25.1 Å². The van der Waals surface area contributed by atoms with Crippen LogP contribution in [0.15, 0.2) is 24.3 Å². The van der Waals surface area contributed by atoms with Crippen molar-refractivity contribution < 1.29 is 14.3 Å². The Morgan fingerprint density at radius 1 is 1.25 bits per heavy atom. The molecule has 0 radical (unpaired) electrons. The zero-order chi connectivity index (χ0) is 11.4. The maximum atomic E-state index is 11.1. The van der Waals surface area contributed by atoms with Crippen molar-refractivity contribution in [3.05, 3.63) is 29.8 Å². The summed E-state index contributed by atoms with van der Waals surface area (Å²) in [6, 6.07) is 7.31. The molecule has 0 bridgehead atoms. The van der Waals surface area contributed by atoms with E-state index in [4.69, 9.17) is 9.47 Å². The standard InChI is InChI=1S/C13H16O3/c1-10(14)11-2-4-12(5-3-11)16-13-6-8-15-9-7-13/h2-5,13H,6-9H2,1H3. The molecule has 0 atom stereocenters. The molecule has 3 nitrogen and oxygen atoms in total. The van der Waals surface area contributed by atoms with Crippen LogP contribution in [0.2, 0.25) is 0 Å². The third-order valence-corrected chi connectivity index (χ3v) is 2.73. The molecule has 1 fully saturated rings. The van der Waals surface area contributed by atoms with Crippen LogP contribution in [0, 0.1) is 0 Å². The Labute approximate surface area is 95.4 Å². The van der Waals surface area contributed by atoms with E-state index in [1.54, 1.807) is 19.1 Å². The zero-order valence-corrected chi connectivity index (χ0v) is 9.44. The topological polar surface area (TPSA) is 35.5 Å². The second-order valence-electron chi connectivity index (χ2n) is 4.01. The summed E-state index contributed by atoms with van der Waals surface area (Å²) in [5.41, 5.74) is 0.722. The molecule has 1 saturated heterocycles. The van der Waals surface area contributed by atoms with Gasteiger partial charge in [-0.05, 0) is 31.2 Å². The van der Waals surface area contributed by atoms with E-state index in [1.807, 2.05) is 12.1 Å². The average Bonchev–Trinajstić information content (AvgIpc) is 2.31. The van der Waals surface area contributed by atoms with Gasteiger partial charge >= 0.3 is 0 Å². The monoisotopic (exact) mass is 220 g/mol. The lowest BCUT2D eigenvalue weighted by molar-refractivity contribution is 0.0256. The SMILES string of the molecule is CC(=O)c1ccc(OC2CCOCC2)cc1. The first-order chi connectivity index (χ1) is 7.75. The molecule has 3 heteroatoms. The highest BCUT2D eigenvalue weighted by Crippen LogP contribution is 2.18. The van der Waals surface area contributed by atoms with Gasteiger partial charge in [-0.1, -0.05) is 0 Å². The van der Waals surface area contributed by atoms with Crippen molar-refractivity contribution in [1.29, 1.82) is 0 Å². The first kappa shape index (κ1) is 11.1. The van der Waals surface area contributed by atoms with E-state index in [-0.39, 0.29) is 11.9 Å². The number of benzene rings is 1. The molecule has 0 N–H and O–H groups in total. The molecular weight excluding hydrogens is 204 g/mol. The number of ketones is 1. The van der Waals surface area contributed by atoms with E-state index < -0.39 is 0 Å². The summed E-state index contributed by atoms with van der Waals surface area (Å²) in [5, 5.41) is 0. The van der Waals surface area contributed by atoms with Crippen LogP contribution in [0.4, 0.5) is 0 Å². The van der Waals surface area contributed by atoms with E-state index in [2.05, 4.69) is 0 Å². The van der Waals surface area contributed by atoms with E-state index in [0.29, 0.717) is 0 Å². The molecule has 16 heavy (non-hydrogen) atoms. The lowest BCUT2D eigenvalue weighted by atomic mass is 10.1. The van der Waals surface area contributed by atoms with Gasteiger partial charge in [0.25, 0.3) is 0 Å². The predicted octanol–water partition coefficient (Wildman–Crippen LogP) is 2.45. The maximum absolute atomic E-state index is 11.1. The van der Waals surface area contributed by atoms with E-state index in [0.717, 1.165) is 37.4 Å². The number of hydrogen-bond acceptors (Lipinski definition) is 3. The Balaban J connectivity index is 1.96. The second kappa shape index (κ2) is 5.12. The van der Waals surface area contributed by atoms with Gasteiger partial charge < -0.3 is 9.47 Å². The molecule has 0 aromatic heterocycles. The highest BCUT2D eigenvalue weighted by Gasteiger charge is 2.15. The number of rotatable bonds is 3. The Morgan fingerprint density at radius 2 is 1.88 bits per heavy atom. The Bertz CT molecular complexity index is 350. The number of ether oxygens (including phenoxy) is 2. The normalized spacial score (nSPS) is 17.1. The average molecular weight is 220 g/mol. The first-order valence-electron chi connectivity index (χ1n) is 5.61. The van der Waals surface area contributed by atoms with Crippen molar-refractivity contribution in [2.45, 2.75) is 25.9 Å². The minimum absolute atomic E-state index is 0.0811. The van der Waals surface area contributed by atoms with Crippen LogP contribution in [0.1, 0.15) is 30.1 Å². The molecule has 0 saturated carbocycles. The number of Topliss-reactive ketones (excluding diaryl/α,β-unsaturated/α-hetero) is 1. The highest BCUT2D eigenvalue weighted by molar-refractivity contribution is 5.94. The smallest absolute Gasteiger partial charge is 0.159 e. The number of carbonyl (C=O) groups is 1. The Kier molecular flexibility index (Phi) is 3.57. The maximum Gasteiger partial charge on any atom is 0.159 e. The summed E-state index contributed by atoms with van der Waals surface area (Å²) in [4.78, 5) is 11.1. The molecule has 0 aliphatic carbocycles. The summed E-state index contributed by atoms with van der Waals surface area (Å²) in [6.45, 7) is 3.11. The first-order valence-corrected chi connectivity index (χ1v) is 5.61. The summed E-state index contributed by atoms with van der Waals surface area (Å²) >= 11 is 0.